The van der Waals surface area contributed by atoms with Crippen molar-refractivity contribution in [2.24, 2.45) is 13.0 Å². The molecule has 0 saturated heterocycles. The molecule has 1 aliphatic carbocycles. The lowest BCUT2D eigenvalue weighted by Crippen LogP contribution is -2.26. The number of ether oxygens (including phenoxy) is 1. The molecule has 0 aromatic carbocycles. The fourth-order valence-electron chi connectivity index (χ4n) is 3.54. The Hall–Kier alpha value is -1.36. The van der Waals surface area contributed by atoms with Crippen molar-refractivity contribution in [3.63, 3.8) is 0 Å². The van der Waals surface area contributed by atoms with E-state index in [9.17, 15) is 4.79 Å². The Morgan fingerprint density at radius 2 is 2.19 bits per heavy atom. The first-order valence-electron chi connectivity index (χ1n) is 8.12. The third-order valence-electron chi connectivity index (χ3n) is 4.74. The summed E-state index contributed by atoms with van der Waals surface area (Å²) >= 11 is 0. The van der Waals surface area contributed by atoms with Crippen molar-refractivity contribution in [2.45, 2.75) is 58.1 Å². The van der Waals surface area contributed by atoms with Crippen LogP contribution < -0.4 is 5.32 Å². The van der Waals surface area contributed by atoms with Gasteiger partial charge in [-0.2, -0.15) is 5.10 Å². The summed E-state index contributed by atoms with van der Waals surface area (Å²) < 4.78 is 7.44. The molecule has 1 aromatic rings. The van der Waals surface area contributed by atoms with Gasteiger partial charge in [0, 0.05) is 31.1 Å². The molecule has 0 unspecified atom stereocenters. The zero-order valence-electron chi connectivity index (χ0n) is 12.9. The Morgan fingerprint density at radius 3 is 3.00 bits per heavy atom. The van der Waals surface area contributed by atoms with Crippen LogP contribution in [0.1, 0.15) is 55.5 Å². The summed E-state index contributed by atoms with van der Waals surface area (Å²) in [5, 5.41) is 7.57. The summed E-state index contributed by atoms with van der Waals surface area (Å²) in [4.78, 5) is 12.1. The van der Waals surface area contributed by atoms with Crippen LogP contribution in [0, 0.1) is 5.92 Å². The van der Waals surface area contributed by atoms with Crippen molar-refractivity contribution < 1.29 is 9.53 Å². The van der Waals surface area contributed by atoms with E-state index < -0.39 is 0 Å². The molecule has 1 N–H and O–H groups in total. The number of nitrogens with zero attached hydrogens (tertiary/aromatic N) is 2. The minimum Gasteiger partial charge on any atom is -0.376 e. The largest absolute Gasteiger partial charge is 0.376 e. The van der Waals surface area contributed by atoms with Crippen LogP contribution in [0.3, 0.4) is 0 Å². The minimum absolute atomic E-state index is 0.165. The molecule has 0 atom stereocenters. The van der Waals surface area contributed by atoms with Gasteiger partial charge >= 0.3 is 0 Å². The molecule has 0 bridgehead atoms. The minimum atomic E-state index is 0.165. The molecule has 1 aromatic heterocycles. The molecule has 3 rings (SSSR count). The topological polar surface area (TPSA) is 56.2 Å². The number of hydrogen-bond donors (Lipinski definition) is 1. The molecule has 0 radical (unpaired) electrons. The third-order valence-corrected chi connectivity index (χ3v) is 4.74. The highest BCUT2D eigenvalue weighted by Gasteiger charge is 2.21. The van der Waals surface area contributed by atoms with Gasteiger partial charge < -0.3 is 10.1 Å². The first-order chi connectivity index (χ1) is 10.2. The number of carbonyl (C=O) groups excluding carboxylic acids is 1. The number of nitrogens with one attached hydrogen (secondary N) is 1. The van der Waals surface area contributed by atoms with Crippen molar-refractivity contribution in [1.29, 1.82) is 0 Å². The molecule has 2 heterocycles. The standard InChI is InChI=1S/C16H25N3O2/c1-19-15-7-8-21-11-13(15)14(18-19)10-17-16(20)9-12-5-3-2-4-6-12/h12H,2-11H2,1H3,(H,17,20). The number of carbonyl (C=O) groups is 1. The molecule has 1 fully saturated rings. The normalized spacial score (nSPS) is 19.3. The predicted molar refractivity (Wildman–Crippen MR) is 79.6 cm³/mol. The van der Waals surface area contributed by atoms with Crippen molar-refractivity contribution in [3.8, 4) is 0 Å². The van der Waals surface area contributed by atoms with E-state index >= 15 is 0 Å². The lowest BCUT2D eigenvalue weighted by atomic mass is 9.87. The zero-order chi connectivity index (χ0) is 14.7. The van der Waals surface area contributed by atoms with Crippen LogP contribution in [0.2, 0.25) is 0 Å². The summed E-state index contributed by atoms with van der Waals surface area (Å²) in [5.74, 6) is 0.748. The second-order valence-corrected chi connectivity index (χ2v) is 6.28. The predicted octanol–water partition coefficient (Wildman–Crippen LogP) is 2.08. The molecule has 0 spiro atoms. The van der Waals surface area contributed by atoms with Gasteiger partial charge in [0.15, 0.2) is 0 Å². The SMILES string of the molecule is Cn1nc(CNC(=O)CC2CCCCC2)c2c1CCOC2. The van der Waals surface area contributed by atoms with E-state index in [1.54, 1.807) is 0 Å². The summed E-state index contributed by atoms with van der Waals surface area (Å²) in [6.45, 7) is 1.91. The fraction of sp³-hybridized carbons (Fsp3) is 0.750. The number of aromatic nitrogens is 2. The van der Waals surface area contributed by atoms with Gasteiger partial charge in [0.2, 0.25) is 5.91 Å². The smallest absolute Gasteiger partial charge is 0.220 e. The van der Waals surface area contributed by atoms with Crippen LogP contribution in [0.25, 0.3) is 0 Å². The Labute approximate surface area is 126 Å². The summed E-state index contributed by atoms with van der Waals surface area (Å²) in [6, 6.07) is 0. The molecular weight excluding hydrogens is 266 g/mol. The highest BCUT2D eigenvalue weighted by Crippen LogP contribution is 2.26. The van der Waals surface area contributed by atoms with Gasteiger partial charge in [0.1, 0.15) is 0 Å². The fourth-order valence-corrected chi connectivity index (χ4v) is 3.54. The first-order valence-corrected chi connectivity index (χ1v) is 8.12. The maximum absolute atomic E-state index is 12.1. The zero-order valence-corrected chi connectivity index (χ0v) is 12.9. The quantitative estimate of drug-likeness (QED) is 0.924. The molecule has 116 valence electrons. The van der Waals surface area contributed by atoms with Gasteiger partial charge in [0.25, 0.3) is 0 Å². The van der Waals surface area contributed by atoms with Gasteiger partial charge in [0.05, 0.1) is 25.5 Å². The van der Waals surface area contributed by atoms with E-state index in [-0.39, 0.29) is 5.91 Å². The van der Waals surface area contributed by atoms with Crippen LogP contribution >= 0.6 is 0 Å². The monoisotopic (exact) mass is 291 g/mol. The maximum Gasteiger partial charge on any atom is 0.220 e. The first kappa shape index (κ1) is 14.6. The molecule has 1 amide bonds. The van der Waals surface area contributed by atoms with Gasteiger partial charge in [-0.05, 0) is 18.8 Å². The van der Waals surface area contributed by atoms with E-state index in [1.165, 1.54) is 43.4 Å². The third kappa shape index (κ3) is 3.46. The Bertz CT molecular complexity index is 504. The van der Waals surface area contributed by atoms with Crippen LogP contribution in [-0.4, -0.2) is 22.3 Å². The molecule has 5 nitrogen and oxygen atoms in total. The van der Waals surface area contributed by atoms with Crippen LogP contribution in [-0.2, 0) is 36.2 Å². The number of amides is 1. The number of hydrogen-bond acceptors (Lipinski definition) is 3. The van der Waals surface area contributed by atoms with Crippen molar-refractivity contribution >= 4 is 5.91 Å². The van der Waals surface area contributed by atoms with Crippen LogP contribution in [0.5, 0.6) is 0 Å². The van der Waals surface area contributed by atoms with E-state index in [0.29, 0.717) is 25.5 Å². The van der Waals surface area contributed by atoms with E-state index in [4.69, 9.17) is 4.74 Å². The number of aryl methyl sites for hydroxylation is 1. The molecule has 5 heteroatoms. The van der Waals surface area contributed by atoms with Crippen molar-refractivity contribution in [1.82, 2.24) is 15.1 Å². The van der Waals surface area contributed by atoms with Crippen LogP contribution in [0.15, 0.2) is 0 Å². The van der Waals surface area contributed by atoms with E-state index in [1.807, 2.05) is 11.7 Å². The van der Waals surface area contributed by atoms with Gasteiger partial charge in [-0.25, -0.2) is 0 Å². The summed E-state index contributed by atoms with van der Waals surface area (Å²) in [5.41, 5.74) is 3.38. The lowest BCUT2D eigenvalue weighted by Gasteiger charge is -2.20. The summed E-state index contributed by atoms with van der Waals surface area (Å²) in [6.07, 6.45) is 7.89. The average Bonchev–Trinajstić information content (AvgIpc) is 2.83. The molecule has 1 saturated carbocycles. The second-order valence-electron chi connectivity index (χ2n) is 6.28. The van der Waals surface area contributed by atoms with Crippen LogP contribution in [0.4, 0.5) is 0 Å². The Morgan fingerprint density at radius 1 is 1.38 bits per heavy atom. The second kappa shape index (κ2) is 6.60. The molecule has 21 heavy (non-hydrogen) atoms. The van der Waals surface area contributed by atoms with Crippen molar-refractivity contribution in [3.05, 3.63) is 17.0 Å². The van der Waals surface area contributed by atoms with Gasteiger partial charge in [-0.3, -0.25) is 9.48 Å². The Kier molecular flexibility index (Phi) is 4.58. The maximum atomic E-state index is 12.1. The highest BCUT2D eigenvalue weighted by atomic mass is 16.5. The molecule has 2 aliphatic rings. The van der Waals surface area contributed by atoms with Gasteiger partial charge in [-0.1, -0.05) is 19.3 Å². The molecular formula is C16H25N3O2. The van der Waals surface area contributed by atoms with E-state index in [0.717, 1.165) is 18.7 Å². The Balaban J connectivity index is 1.54. The number of fused-ring (bicyclic) bond motifs is 1. The highest BCUT2D eigenvalue weighted by molar-refractivity contribution is 5.76. The molecule has 1 aliphatic heterocycles. The average molecular weight is 291 g/mol. The van der Waals surface area contributed by atoms with E-state index in [2.05, 4.69) is 10.4 Å². The summed E-state index contributed by atoms with van der Waals surface area (Å²) in [7, 11) is 1.97. The lowest BCUT2D eigenvalue weighted by molar-refractivity contribution is -0.122. The number of rotatable bonds is 4. The van der Waals surface area contributed by atoms with Gasteiger partial charge in [-0.15, -0.1) is 0 Å². The van der Waals surface area contributed by atoms with Crippen molar-refractivity contribution in [2.75, 3.05) is 6.61 Å².